The van der Waals surface area contributed by atoms with Crippen LogP contribution in [0, 0.1) is 11.3 Å². The van der Waals surface area contributed by atoms with Crippen molar-refractivity contribution >= 4 is 40.2 Å². The van der Waals surface area contributed by atoms with Crippen molar-refractivity contribution in [3.63, 3.8) is 0 Å². The second kappa shape index (κ2) is 7.85. The molecule has 0 fully saturated rings. The van der Waals surface area contributed by atoms with Crippen LogP contribution in [0.5, 0.6) is 0 Å². The molecule has 1 amide bonds. The van der Waals surface area contributed by atoms with Gasteiger partial charge in [0.25, 0.3) is 11.7 Å². The Morgan fingerprint density at radius 1 is 1.20 bits per heavy atom. The molecule has 0 bridgehead atoms. The van der Waals surface area contributed by atoms with E-state index in [0.29, 0.717) is 28.0 Å². The number of hydrogen-bond donors (Lipinski definition) is 1. The molecule has 8 heteroatoms. The quantitative estimate of drug-likeness (QED) is 0.389. The molecule has 3 aromatic rings. The van der Waals surface area contributed by atoms with Crippen LogP contribution in [0.1, 0.15) is 21.5 Å². The maximum atomic E-state index is 12.8. The minimum absolute atomic E-state index is 0.0816. The number of nitrogens with zero attached hydrogens (tertiary/aromatic N) is 2. The second-order valence-electron chi connectivity index (χ2n) is 6.70. The monoisotopic (exact) mass is 419 g/mol. The minimum atomic E-state index is -0.866. The van der Waals surface area contributed by atoms with Crippen molar-refractivity contribution in [3.8, 4) is 6.07 Å². The lowest BCUT2D eigenvalue weighted by Gasteiger charge is -2.06. The Hall–Kier alpha value is -3.89. The minimum Gasteiger partial charge on any atom is -0.456 e. The van der Waals surface area contributed by atoms with Gasteiger partial charge in [-0.25, -0.2) is 4.79 Å². The van der Waals surface area contributed by atoms with Gasteiger partial charge < -0.3 is 14.6 Å². The number of Topliss-reactive ketones (excluding diaryl/α,β-unsaturated/α-hetero) is 1. The summed E-state index contributed by atoms with van der Waals surface area (Å²) in [6, 6.07) is 14.2. The molecular weight excluding hydrogens is 406 g/mol. The summed E-state index contributed by atoms with van der Waals surface area (Å²) in [5.41, 5.74) is 2.46. The van der Waals surface area contributed by atoms with Gasteiger partial charge in [0, 0.05) is 29.2 Å². The number of halogens is 1. The van der Waals surface area contributed by atoms with Gasteiger partial charge in [-0.3, -0.25) is 9.59 Å². The molecule has 1 aliphatic rings. The highest BCUT2D eigenvalue weighted by Gasteiger charge is 2.24. The van der Waals surface area contributed by atoms with E-state index in [2.05, 4.69) is 11.4 Å². The summed E-state index contributed by atoms with van der Waals surface area (Å²) in [6.45, 7) is 0.340. The molecule has 7 nitrogen and oxygen atoms in total. The van der Waals surface area contributed by atoms with Crippen LogP contribution in [0.25, 0.3) is 10.9 Å². The van der Waals surface area contributed by atoms with Crippen molar-refractivity contribution in [3.05, 3.63) is 82.1 Å². The molecule has 0 saturated heterocycles. The molecule has 2 heterocycles. The third kappa shape index (κ3) is 3.81. The number of ketones is 1. The molecule has 0 radical (unpaired) electrons. The van der Waals surface area contributed by atoms with Gasteiger partial charge in [0.2, 0.25) is 0 Å². The summed E-state index contributed by atoms with van der Waals surface area (Å²) in [6.07, 6.45) is 2.72. The van der Waals surface area contributed by atoms with E-state index in [1.165, 1.54) is 0 Å². The Morgan fingerprint density at radius 2 is 1.97 bits per heavy atom. The first-order valence-corrected chi connectivity index (χ1v) is 9.33. The molecule has 30 heavy (non-hydrogen) atoms. The Labute approximate surface area is 176 Å². The number of carbonyl (C=O) groups excluding carboxylic acids is 3. The van der Waals surface area contributed by atoms with Crippen molar-refractivity contribution in [2.45, 2.75) is 6.54 Å². The number of ether oxygens (including phenoxy) is 1. The van der Waals surface area contributed by atoms with Crippen molar-refractivity contribution in [2.24, 2.45) is 0 Å². The van der Waals surface area contributed by atoms with Crippen molar-refractivity contribution < 1.29 is 19.1 Å². The number of benzene rings is 2. The topological polar surface area (TPSA) is 101 Å². The molecule has 0 saturated carbocycles. The highest BCUT2D eigenvalue weighted by Crippen LogP contribution is 2.25. The Kier molecular flexibility index (Phi) is 5.09. The van der Waals surface area contributed by atoms with Gasteiger partial charge in [0.05, 0.1) is 28.4 Å². The molecule has 0 atom stereocenters. The maximum Gasteiger partial charge on any atom is 0.333 e. The van der Waals surface area contributed by atoms with Gasteiger partial charge in [-0.1, -0.05) is 29.8 Å². The first kappa shape index (κ1) is 19.4. The Balaban J connectivity index is 1.70. The summed E-state index contributed by atoms with van der Waals surface area (Å²) in [5, 5.41) is 12.8. The first-order chi connectivity index (χ1) is 14.4. The van der Waals surface area contributed by atoms with E-state index in [0.717, 1.165) is 11.6 Å². The number of nitrogens with one attached hydrogen (secondary N) is 1. The zero-order valence-electron chi connectivity index (χ0n) is 15.5. The summed E-state index contributed by atoms with van der Waals surface area (Å²) < 4.78 is 6.53. The fourth-order valence-electron chi connectivity index (χ4n) is 3.23. The van der Waals surface area contributed by atoms with Crippen LogP contribution in [0.15, 0.2) is 60.4 Å². The molecular formula is C22H14ClN3O4. The van der Waals surface area contributed by atoms with Gasteiger partial charge in [0.1, 0.15) is 6.61 Å². The van der Waals surface area contributed by atoms with Crippen LogP contribution < -0.4 is 5.32 Å². The lowest BCUT2D eigenvalue weighted by Crippen LogP contribution is -2.31. The largest absolute Gasteiger partial charge is 0.456 e. The second-order valence-corrected chi connectivity index (χ2v) is 7.14. The molecule has 1 aromatic heterocycles. The number of fused-ring (bicyclic) bond motifs is 1. The summed E-state index contributed by atoms with van der Waals surface area (Å²) in [4.78, 5) is 36.4. The average molecular weight is 420 g/mol. The first-order valence-electron chi connectivity index (χ1n) is 8.95. The third-order valence-corrected chi connectivity index (χ3v) is 4.92. The molecule has 0 unspecified atom stereocenters. The number of rotatable bonds is 5. The van der Waals surface area contributed by atoms with E-state index < -0.39 is 17.7 Å². The van der Waals surface area contributed by atoms with E-state index in [-0.39, 0.29) is 17.9 Å². The number of aromatic nitrogens is 1. The SMILES string of the molecule is N#Cc1ccc2c(C(=O)C(=O)NC3=CC(=O)OC3)cn(Cc3ccc(Cl)cc3)c2c1. The van der Waals surface area contributed by atoms with Crippen LogP contribution in [-0.4, -0.2) is 28.8 Å². The van der Waals surface area contributed by atoms with Gasteiger partial charge in [-0.05, 0) is 29.8 Å². The fraction of sp³-hybridized carbons (Fsp3) is 0.0909. The molecule has 148 valence electrons. The summed E-state index contributed by atoms with van der Waals surface area (Å²) in [5.74, 6) is -2.18. The Morgan fingerprint density at radius 3 is 2.63 bits per heavy atom. The highest BCUT2D eigenvalue weighted by atomic mass is 35.5. The third-order valence-electron chi connectivity index (χ3n) is 4.66. The molecule has 4 rings (SSSR count). The highest BCUT2D eigenvalue weighted by molar-refractivity contribution is 6.45. The maximum absolute atomic E-state index is 12.8. The predicted octanol–water partition coefficient (Wildman–Crippen LogP) is 2.95. The standard InChI is InChI=1S/C22H14ClN3O4/c23-15-4-1-13(2-5-15)10-26-11-18(17-6-3-14(9-24)7-19(17)26)21(28)22(29)25-16-8-20(27)30-12-16/h1-8,11H,10,12H2,(H,25,29). The zero-order valence-corrected chi connectivity index (χ0v) is 16.3. The number of hydrogen-bond acceptors (Lipinski definition) is 5. The zero-order chi connectivity index (χ0) is 21.3. The fourth-order valence-corrected chi connectivity index (χ4v) is 3.36. The van der Waals surface area contributed by atoms with Gasteiger partial charge in [0.15, 0.2) is 0 Å². The summed E-state index contributed by atoms with van der Waals surface area (Å²) in [7, 11) is 0. The van der Waals surface area contributed by atoms with E-state index in [9.17, 15) is 19.6 Å². The molecule has 1 aliphatic heterocycles. The smallest absolute Gasteiger partial charge is 0.333 e. The number of nitriles is 1. The van der Waals surface area contributed by atoms with Crippen LogP contribution in [0.4, 0.5) is 0 Å². The van der Waals surface area contributed by atoms with E-state index in [4.69, 9.17) is 16.3 Å². The van der Waals surface area contributed by atoms with Crippen molar-refractivity contribution in [1.29, 1.82) is 5.26 Å². The van der Waals surface area contributed by atoms with Crippen LogP contribution >= 0.6 is 11.6 Å². The lowest BCUT2D eigenvalue weighted by molar-refractivity contribution is -0.135. The Bertz CT molecular complexity index is 1270. The predicted molar refractivity (Wildman–Crippen MR) is 109 cm³/mol. The van der Waals surface area contributed by atoms with Gasteiger partial charge >= 0.3 is 5.97 Å². The van der Waals surface area contributed by atoms with Crippen LogP contribution in [-0.2, 0) is 20.9 Å². The molecule has 2 aromatic carbocycles. The van der Waals surface area contributed by atoms with Crippen molar-refractivity contribution in [1.82, 2.24) is 9.88 Å². The van der Waals surface area contributed by atoms with E-state index in [1.54, 1.807) is 41.1 Å². The van der Waals surface area contributed by atoms with Gasteiger partial charge in [-0.2, -0.15) is 5.26 Å². The lowest BCUT2D eigenvalue weighted by atomic mass is 10.1. The van der Waals surface area contributed by atoms with E-state index >= 15 is 0 Å². The molecule has 0 spiro atoms. The number of carbonyl (C=O) groups is 3. The van der Waals surface area contributed by atoms with Crippen molar-refractivity contribution in [2.75, 3.05) is 6.61 Å². The molecule has 0 aliphatic carbocycles. The average Bonchev–Trinajstić information content (AvgIpc) is 3.32. The number of esters is 1. The number of cyclic esters (lactones) is 1. The number of amides is 1. The molecule has 1 N–H and O–H groups in total. The van der Waals surface area contributed by atoms with Gasteiger partial charge in [-0.15, -0.1) is 0 Å². The van der Waals surface area contributed by atoms with E-state index in [1.807, 2.05) is 12.1 Å². The summed E-state index contributed by atoms with van der Waals surface area (Å²) >= 11 is 5.94. The normalized spacial score (nSPS) is 12.9. The van der Waals surface area contributed by atoms with Crippen LogP contribution in [0.2, 0.25) is 5.02 Å². The van der Waals surface area contributed by atoms with Crippen LogP contribution in [0.3, 0.4) is 0 Å².